The van der Waals surface area contributed by atoms with Gasteiger partial charge < -0.3 is 9.47 Å². The van der Waals surface area contributed by atoms with Crippen LogP contribution in [0.4, 0.5) is 0 Å². The van der Waals surface area contributed by atoms with Gasteiger partial charge in [0.15, 0.2) is 0 Å². The lowest BCUT2D eigenvalue weighted by Crippen LogP contribution is -2.34. The summed E-state index contributed by atoms with van der Waals surface area (Å²) in [5.74, 6) is 0.804. The molecule has 1 aliphatic heterocycles. The van der Waals surface area contributed by atoms with E-state index in [9.17, 15) is 0 Å². The zero-order valence-corrected chi connectivity index (χ0v) is 13.6. The lowest BCUT2D eigenvalue weighted by Gasteiger charge is -2.23. The molecule has 0 unspecified atom stereocenters. The molecule has 2 heterocycles. The molecule has 1 fully saturated rings. The van der Waals surface area contributed by atoms with Gasteiger partial charge in [0.1, 0.15) is 18.5 Å². The number of ether oxygens (including phenoxy) is 2. The van der Waals surface area contributed by atoms with E-state index < -0.39 is 0 Å². The summed E-state index contributed by atoms with van der Waals surface area (Å²) in [6.45, 7) is 6.26. The van der Waals surface area contributed by atoms with Crippen LogP contribution in [-0.4, -0.2) is 42.3 Å². The Morgan fingerprint density at radius 1 is 1.22 bits per heavy atom. The van der Waals surface area contributed by atoms with Gasteiger partial charge in [0.2, 0.25) is 0 Å². The smallest absolute Gasteiger partial charge is 0.137 e. The van der Waals surface area contributed by atoms with Gasteiger partial charge in [0.05, 0.1) is 6.20 Å². The zero-order chi connectivity index (χ0) is 15.9. The summed E-state index contributed by atoms with van der Waals surface area (Å²) in [6.07, 6.45) is 2.94. The van der Waals surface area contributed by atoms with Gasteiger partial charge >= 0.3 is 0 Å². The third kappa shape index (κ3) is 5.05. The van der Waals surface area contributed by atoms with Crippen molar-refractivity contribution < 1.29 is 9.47 Å². The minimum atomic E-state index is 0.0996. The van der Waals surface area contributed by atoms with Gasteiger partial charge in [-0.2, -0.15) is 0 Å². The molecule has 1 saturated heterocycles. The highest BCUT2D eigenvalue weighted by atomic mass is 16.5. The molecule has 23 heavy (non-hydrogen) atoms. The van der Waals surface area contributed by atoms with E-state index >= 15 is 0 Å². The molecule has 3 rings (SSSR count). The molecule has 1 atom stereocenters. The third-order valence-electron chi connectivity index (χ3n) is 4.00. The molecule has 0 bridgehead atoms. The number of benzene rings is 1. The highest BCUT2D eigenvalue weighted by molar-refractivity contribution is 5.19. The molecule has 0 saturated carbocycles. The Morgan fingerprint density at radius 3 is 2.87 bits per heavy atom. The molecular weight excluding hydrogens is 288 g/mol. The van der Waals surface area contributed by atoms with Crippen molar-refractivity contribution in [3.8, 4) is 5.75 Å². The normalized spacial score (nSPS) is 19.3. The Kier molecular flexibility index (Phi) is 5.61. The van der Waals surface area contributed by atoms with E-state index in [0.717, 1.165) is 44.1 Å². The van der Waals surface area contributed by atoms with E-state index in [1.165, 1.54) is 5.56 Å². The lowest BCUT2D eigenvalue weighted by molar-refractivity contribution is 0.0200. The zero-order valence-electron chi connectivity index (χ0n) is 13.6. The summed E-state index contributed by atoms with van der Waals surface area (Å²) >= 11 is 0. The van der Waals surface area contributed by atoms with Gasteiger partial charge in [-0.3, -0.25) is 9.88 Å². The second-order valence-corrected chi connectivity index (χ2v) is 6.01. The van der Waals surface area contributed by atoms with Crippen LogP contribution in [0.25, 0.3) is 0 Å². The standard InChI is InChI=1S/C19H24N2O2/c1-16-8-9-18(12-20-16)23-15-19-14-21(10-5-11-22-19)13-17-6-3-2-4-7-17/h2-4,6-9,12,19H,5,10-11,13-15H2,1H3/t19-/m0/s1. The van der Waals surface area contributed by atoms with Crippen LogP contribution in [0.5, 0.6) is 5.75 Å². The Balaban J connectivity index is 1.53. The molecule has 0 N–H and O–H groups in total. The van der Waals surface area contributed by atoms with E-state index in [-0.39, 0.29) is 6.10 Å². The predicted octanol–water partition coefficient (Wildman–Crippen LogP) is 3.06. The van der Waals surface area contributed by atoms with Crippen LogP contribution >= 0.6 is 0 Å². The van der Waals surface area contributed by atoms with Crippen molar-refractivity contribution in [1.29, 1.82) is 0 Å². The summed E-state index contributed by atoms with van der Waals surface area (Å²) in [6, 6.07) is 14.5. The van der Waals surface area contributed by atoms with Gasteiger partial charge in [-0.05, 0) is 31.0 Å². The average molecular weight is 312 g/mol. The summed E-state index contributed by atoms with van der Waals surface area (Å²) in [5.41, 5.74) is 2.34. The predicted molar refractivity (Wildman–Crippen MR) is 90.5 cm³/mol. The van der Waals surface area contributed by atoms with Gasteiger partial charge in [0, 0.05) is 31.9 Å². The fourth-order valence-corrected chi connectivity index (χ4v) is 2.78. The fraction of sp³-hybridized carbons (Fsp3) is 0.421. The minimum absolute atomic E-state index is 0.0996. The van der Waals surface area contributed by atoms with Crippen LogP contribution in [0, 0.1) is 6.92 Å². The molecule has 2 aromatic rings. The summed E-state index contributed by atoms with van der Waals surface area (Å²) in [4.78, 5) is 6.70. The fourth-order valence-electron chi connectivity index (χ4n) is 2.78. The minimum Gasteiger partial charge on any atom is -0.489 e. The summed E-state index contributed by atoms with van der Waals surface area (Å²) in [5, 5.41) is 0. The van der Waals surface area contributed by atoms with Crippen molar-refractivity contribution in [2.75, 3.05) is 26.3 Å². The van der Waals surface area contributed by atoms with Crippen LogP contribution in [0.1, 0.15) is 17.7 Å². The quantitative estimate of drug-likeness (QED) is 0.850. The van der Waals surface area contributed by atoms with E-state index in [0.29, 0.717) is 6.61 Å². The van der Waals surface area contributed by atoms with Crippen molar-refractivity contribution in [2.24, 2.45) is 0 Å². The maximum absolute atomic E-state index is 5.93. The Hall–Kier alpha value is -1.91. The van der Waals surface area contributed by atoms with Crippen molar-refractivity contribution in [3.05, 3.63) is 59.9 Å². The number of pyridine rings is 1. The maximum Gasteiger partial charge on any atom is 0.137 e. The molecule has 4 nitrogen and oxygen atoms in total. The number of nitrogens with zero attached hydrogens (tertiary/aromatic N) is 2. The molecule has 0 aliphatic carbocycles. The summed E-state index contributed by atoms with van der Waals surface area (Å²) < 4.78 is 11.8. The van der Waals surface area contributed by atoms with Crippen LogP contribution < -0.4 is 4.74 Å². The Bertz CT molecular complexity index is 586. The van der Waals surface area contributed by atoms with E-state index in [1.807, 2.05) is 19.1 Å². The summed E-state index contributed by atoms with van der Waals surface area (Å²) in [7, 11) is 0. The van der Waals surface area contributed by atoms with Gasteiger partial charge in [-0.15, -0.1) is 0 Å². The van der Waals surface area contributed by atoms with Crippen LogP contribution in [0.15, 0.2) is 48.7 Å². The van der Waals surface area contributed by atoms with Crippen molar-refractivity contribution in [1.82, 2.24) is 9.88 Å². The molecule has 0 amide bonds. The maximum atomic E-state index is 5.93. The first kappa shape index (κ1) is 16.0. The van der Waals surface area contributed by atoms with Crippen molar-refractivity contribution in [2.45, 2.75) is 26.0 Å². The van der Waals surface area contributed by atoms with Crippen LogP contribution in [0.3, 0.4) is 0 Å². The first-order chi connectivity index (χ1) is 11.3. The van der Waals surface area contributed by atoms with E-state index in [2.05, 4.69) is 40.2 Å². The molecule has 1 aromatic carbocycles. The molecule has 1 aliphatic rings. The van der Waals surface area contributed by atoms with Crippen LogP contribution in [0.2, 0.25) is 0 Å². The molecule has 1 aromatic heterocycles. The van der Waals surface area contributed by atoms with Gasteiger partial charge in [-0.1, -0.05) is 30.3 Å². The molecular formula is C19H24N2O2. The number of rotatable bonds is 5. The number of hydrogen-bond donors (Lipinski definition) is 0. The number of aryl methyl sites for hydroxylation is 1. The van der Waals surface area contributed by atoms with Crippen molar-refractivity contribution >= 4 is 0 Å². The van der Waals surface area contributed by atoms with E-state index in [4.69, 9.17) is 9.47 Å². The molecule has 122 valence electrons. The number of hydrogen-bond acceptors (Lipinski definition) is 4. The molecule has 0 radical (unpaired) electrons. The van der Waals surface area contributed by atoms with Crippen molar-refractivity contribution in [3.63, 3.8) is 0 Å². The Labute approximate surface area is 138 Å². The Morgan fingerprint density at radius 2 is 2.09 bits per heavy atom. The largest absolute Gasteiger partial charge is 0.489 e. The molecule has 0 spiro atoms. The SMILES string of the molecule is Cc1ccc(OC[C@@H]2CN(Cc3ccccc3)CCCO2)cn1. The van der Waals surface area contributed by atoms with Gasteiger partial charge in [0.25, 0.3) is 0 Å². The topological polar surface area (TPSA) is 34.6 Å². The van der Waals surface area contributed by atoms with E-state index in [1.54, 1.807) is 6.20 Å². The first-order valence-electron chi connectivity index (χ1n) is 8.23. The van der Waals surface area contributed by atoms with Crippen LogP contribution in [-0.2, 0) is 11.3 Å². The first-order valence-corrected chi connectivity index (χ1v) is 8.23. The van der Waals surface area contributed by atoms with Gasteiger partial charge in [-0.25, -0.2) is 0 Å². The number of aromatic nitrogens is 1. The highest BCUT2D eigenvalue weighted by Gasteiger charge is 2.19. The molecule has 4 heteroatoms. The second kappa shape index (κ2) is 8.09. The second-order valence-electron chi connectivity index (χ2n) is 6.01. The highest BCUT2D eigenvalue weighted by Crippen LogP contribution is 2.13. The monoisotopic (exact) mass is 312 g/mol. The average Bonchev–Trinajstić information content (AvgIpc) is 2.80. The lowest BCUT2D eigenvalue weighted by atomic mass is 10.2. The third-order valence-corrected chi connectivity index (χ3v) is 4.00.